The fourth-order valence-corrected chi connectivity index (χ4v) is 2.30. The third-order valence-corrected chi connectivity index (χ3v) is 3.23. The number of carbonyl (C=O) groups is 2. The molecule has 0 aliphatic carbocycles. The maximum atomic E-state index is 11.4. The summed E-state index contributed by atoms with van der Waals surface area (Å²) in [6, 6.07) is 6.52. The number of aromatic nitrogens is 1. The number of rotatable bonds is 4. The van der Waals surface area contributed by atoms with E-state index in [1.54, 1.807) is 6.07 Å². The first-order valence-corrected chi connectivity index (χ1v) is 6.09. The topological polar surface area (TPSA) is 116 Å². The van der Waals surface area contributed by atoms with Crippen LogP contribution < -0.4 is 0 Å². The van der Waals surface area contributed by atoms with Crippen molar-refractivity contribution in [2.24, 2.45) is 0 Å². The van der Waals surface area contributed by atoms with Crippen LogP contribution in [0, 0.1) is 10.1 Å². The standard InChI is InChI=1S/C14H8N2O6/c17-7-8-5-9(16(20)21)1-2-10(8)15-11-3-4-22-13(11)6-12(15)14(18)19/h1-7H,(H,18,19). The Kier molecular flexibility index (Phi) is 2.99. The highest BCUT2D eigenvalue weighted by atomic mass is 16.6. The minimum atomic E-state index is -1.21. The predicted molar refractivity (Wildman–Crippen MR) is 74.5 cm³/mol. The van der Waals surface area contributed by atoms with Crippen molar-refractivity contribution in [1.82, 2.24) is 4.57 Å². The number of fused-ring (bicyclic) bond motifs is 1. The second-order valence-electron chi connectivity index (χ2n) is 4.46. The lowest BCUT2D eigenvalue weighted by atomic mass is 10.1. The summed E-state index contributed by atoms with van der Waals surface area (Å²) in [5.41, 5.74) is 0.677. The van der Waals surface area contributed by atoms with Gasteiger partial charge in [0.05, 0.1) is 22.4 Å². The molecule has 22 heavy (non-hydrogen) atoms. The number of carbonyl (C=O) groups excluding carboxylic acids is 1. The van der Waals surface area contributed by atoms with E-state index < -0.39 is 10.9 Å². The van der Waals surface area contributed by atoms with E-state index in [-0.39, 0.29) is 22.6 Å². The zero-order valence-electron chi connectivity index (χ0n) is 10.9. The van der Waals surface area contributed by atoms with Gasteiger partial charge in [-0.05, 0) is 6.07 Å². The molecule has 0 saturated heterocycles. The van der Waals surface area contributed by atoms with Gasteiger partial charge in [0.1, 0.15) is 5.69 Å². The van der Waals surface area contributed by atoms with E-state index in [2.05, 4.69) is 0 Å². The predicted octanol–water partition coefficient (Wildman–Crippen LogP) is 2.64. The Morgan fingerprint density at radius 3 is 2.73 bits per heavy atom. The normalized spacial score (nSPS) is 10.7. The molecule has 8 nitrogen and oxygen atoms in total. The molecule has 2 heterocycles. The Morgan fingerprint density at radius 2 is 2.09 bits per heavy atom. The molecule has 3 aromatic rings. The number of benzene rings is 1. The van der Waals surface area contributed by atoms with Crippen LogP contribution in [0.3, 0.4) is 0 Å². The molecule has 110 valence electrons. The fourth-order valence-electron chi connectivity index (χ4n) is 2.30. The van der Waals surface area contributed by atoms with E-state index in [0.29, 0.717) is 17.4 Å². The van der Waals surface area contributed by atoms with Crippen molar-refractivity contribution in [3.8, 4) is 5.69 Å². The van der Waals surface area contributed by atoms with Gasteiger partial charge in [-0.15, -0.1) is 0 Å². The number of nitro benzene ring substituents is 1. The number of aldehydes is 1. The molecule has 0 radical (unpaired) electrons. The van der Waals surface area contributed by atoms with Gasteiger partial charge in [-0.1, -0.05) is 0 Å². The molecule has 0 unspecified atom stereocenters. The second kappa shape index (κ2) is 4.85. The summed E-state index contributed by atoms with van der Waals surface area (Å²) in [5, 5.41) is 20.1. The molecular formula is C14H8N2O6. The van der Waals surface area contributed by atoms with Crippen LogP contribution in [0.5, 0.6) is 0 Å². The Labute approximate surface area is 122 Å². The highest BCUT2D eigenvalue weighted by Gasteiger charge is 2.21. The first kappa shape index (κ1) is 13.6. The summed E-state index contributed by atoms with van der Waals surface area (Å²) in [6.07, 6.45) is 1.83. The van der Waals surface area contributed by atoms with Gasteiger partial charge < -0.3 is 9.52 Å². The molecule has 0 atom stereocenters. The maximum absolute atomic E-state index is 11.4. The summed E-state index contributed by atoms with van der Waals surface area (Å²) in [6.45, 7) is 0. The summed E-state index contributed by atoms with van der Waals surface area (Å²) in [4.78, 5) is 32.8. The molecule has 0 aliphatic rings. The van der Waals surface area contributed by atoms with Crippen LogP contribution in [0.2, 0.25) is 0 Å². The van der Waals surface area contributed by atoms with Gasteiger partial charge in [0.15, 0.2) is 11.9 Å². The Balaban J connectivity index is 2.33. The number of nitrogens with zero attached hydrogens (tertiary/aromatic N) is 2. The lowest BCUT2D eigenvalue weighted by Gasteiger charge is -2.09. The van der Waals surface area contributed by atoms with Gasteiger partial charge in [-0.25, -0.2) is 4.79 Å². The van der Waals surface area contributed by atoms with E-state index in [1.165, 1.54) is 29.0 Å². The molecule has 0 saturated carbocycles. The van der Waals surface area contributed by atoms with Gasteiger partial charge in [0.2, 0.25) is 0 Å². The number of hydrogen-bond donors (Lipinski definition) is 1. The van der Waals surface area contributed by atoms with Crippen LogP contribution in [0.4, 0.5) is 5.69 Å². The quantitative estimate of drug-likeness (QED) is 0.450. The van der Waals surface area contributed by atoms with E-state index in [1.807, 2.05) is 0 Å². The molecule has 1 N–H and O–H groups in total. The van der Waals surface area contributed by atoms with Crippen LogP contribution in [-0.4, -0.2) is 26.9 Å². The molecule has 0 aliphatic heterocycles. The Bertz CT molecular complexity index is 921. The maximum Gasteiger partial charge on any atom is 0.353 e. The van der Waals surface area contributed by atoms with Gasteiger partial charge in [0.25, 0.3) is 5.69 Å². The molecule has 0 fully saturated rings. The highest BCUT2D eigenvalue weighted by molar-refractivity contribution is 5.95. The first-order valence-electron chi connectivity index (χ1n) is 6.09. The number of carboxylic acids is 1. The van der Waals surface area contributed by atoms with Gasteiger partial charge in [0, 0.05) is 29.8 Å². The van der Waals surface area contributed by atoms with Crippen molar-refractivity contribution in [1.29, 1.82) is 0 Å². The summed E-state index contributed by atoms with van der Waals surface area (Å²) in [7, 11) is 0. The van der Waals surface area contributed by atoms with Crippen molar-refractivity contribution >= 4 is 29.0 Å². The Morgan fingerprint density at radius 1 is 1.32 bits per heavy atom. The smallest absolute Gasteiger partial charge is 0.353 e. The summed E-state index contributed by atoms with van der Waals surface area (Å²) in [5.74, 6) is -1.21. The van der Waals surface area contributed by atoms with Crippen molar-refractivity contribution in [3.63, 3.8) is 0 Å². The Hall–Kier alpha value is -3.42. The van der Waals surface area contributed by atoms with Crippen LogP contribution in [0.1, 0.15) is 20.8 Å². The SMILES string of the molecule is O=Cc1cc([N+](=O)[O-])ccc1-n1c(C(=O)O)cc2occc21. The van der Waals surface area contributed by atoms with E-state index in [4.69, 9.17) is 4.42 Å². The minimum absolute atomic E-state index is 0.00963. The molecule has 0 spiro atoms. The highest BCUT2D eigenvalue weighted by Crippen LogP contribution is 2.28. The summed E-state index contributed by atoms with van der Waals surface area (Å²) < 4.78 is 6.48. The zero-order valence-corrected chi connectivity index (χ0v) is 10.9. The van der Waals surface area contributed by atoms with Crippen LogP contribution in [-0.2, 0) is 0 Å². The third kappa shape index (κ3) is 1.94. The average molecular weight is 300 g/mol. The second-order valence-corrected chi connectivity index (χ2v) is 4.46. The molecule has 0 bridgehead atoms. The molecular weight excluding hydrogens is 292 g/mol. The van der Waals surface area contributed by atoms with Crippen molar-refractivity contribution in [2.45, 2.75) is 0 Å². The van der Waals surface area contributed by atoms with E-state index in [9.17, 15) is 24.8 Å². The number of non-ortho nitro benzene ring substituents is 1. The number of nitro groups is 1. The van der Waals surface area contributed by atoms with Gasteiger partial charge >= 0.3 is 5.97 Å². The fraction of sp³-hybridized carbons (Fsp3) is 0. The van der Waals surface area contributed by atoms with Crippen LogP contribution in [0.25, 0.3) is 16.8 Å². The average Bonchev–Trinajstić information content (AvgIpc) is 3.06. The van der Waals surface area contributed by atoms with Gasteiger partial charge in [-0.2, -0.15) is 0 Å². The number of furan rings is 1. The van der Waals surface area contributed by atoms with Crippen LogP contribution in [0.15, 0.2) is 41.0 Å². The third-order valence-electron chi connectivity index (χ3n) is 3.23. The van der Waals surface area contributed by atoms with Crippen molar-refractivity contribution in [2.75, 3.05) is 0 Å². The van der Waals surface area contributed by atoms with Gasteiger partial charge in [-0.3, -0.25) is 19.5 Å². The van der Waals surface area contributed by atoms with Crippen LogP contribution >= 0.6 is 0 Å². The first-order chi connectivity index (χ1) is 10.5. The molecule has 0 amide bonds. The number of aromatic carboxylic acids is 1. The molecule has 3 rings (SSSR count). The lowest BCUT2D eigenvalue weighted by molar-refractivity contribution is -0.384. The lowest BCUT2D eigenvalue weighted by Crippen LogP contribution is -2.08. The van der Waals surface area contributed by atoms with Crippen molar-refractivity contribution < 1.29 is 24.0 Å². The largest absolute Gasteiger partial charge is 0.477 e. The molecule has 2 aromatic heterocycles. The zero-order chi connectivity index (χ0) is 15.9. The van der Waals surface area contributed by atoms with E-state index in [0.717, 1.165) is 6.07 Å². The van der Waals surface area contributed by atoms with E-state index >= 15 is 0 Å². The number of hydrogen-bond acceptors (Lipinski definition) is 5. The van der Waals surface area contributed by atoms with Crippen molar-refractivity contribution in [3.05, 3.63) is 58.0 Å². The minimum Gasteiger partial charge on any atom is -0.477 e. The number of carboxylic acid groups (broad SMARTS) is 1. The molecule has 8 heteroatoms. The molecule has 1 aromatic carbocycles. The summed E-state index contributed by atoms with van der Waals surface area (Å²) >= 11 is 0. The monoisotopic (exact) mass is 300 g/mol.